The first-order valence-electron chi connectivity index (χ1n) is 4.37. The van der Waals surface area contributed by atoms with E-state index in [0.717, 1.165) is 13.0 Å². The molecule has 66 valence electrons. The fourth-order valence-corrected chi connectivity index (χ4v) is 1.27. The molecule has 0 saturated heterocycles. The van der Waals surface area contributed by atoms with Crippen molar-refractivity contribution in [3.05, 3.63) is 24.0 Å². The molecule has 0 aliphatic heterocycles. The smallest absolute Gasteiger partial charge is 0.131 e. The van der Waals surface area contributed by atoms with Crippen molar-refractivity contribution in [3.8, 4) is 0 Å². The highest BCUT2D eigenvalue weighted by atomic mass is 16.1. The van der Waals surface area contributed by atoms with Gasteiger partial charge in [-0.15, -0.1) is 0 Å². The maximum atomic E-state index is 10.7. The maximum Gasteiger partial charge on any atom is 0.131 e. The normalized spacial score (nSPS) is 10.2. The van der Waals surface area contributed by atoms with Gasteiger partial charge in [0.1, 0.15) is 5.78 Å². The number of ketones is 1. The van der Waals surface area contributed by atoms with E-state index in [9.17, 15) is 4.79 Å². The number of hydrogen-bond donors (Lipinski definition) is 0. The monoisotopic (exact) mass is 165 g/mol. The lowest BCUT2D eigenvalue weighted by Crippen LogP contribution is -2.04. The highest BCUT2D eigenvalue weighted by Crippen LogP contribution is 2.03. The van der Waals surface area contributed by atoms with Gasteiger partial charge < -0.3 is 4.57 Å². The van der Waals surface area contributed by atoms with E-state index in [0.29, 0.717) is 6.42 Å². The van der Waals surface area contributed by atoms with E-state index in [-0.39, 0.29) is 5.78 Å². The van der Waals surface area contributed by atoms with E-state index >= 15 is 0 Å². The van der Waals surface area contributed by atoms with Gasteiger partial charge in [-0.1, -0.05) is 6.92 Å². The minimum Gasteiger partial charge on any atom is -0.351 e. The molecule has 12 heavy (non-hydrogen) atoms. The Bertz CT molecular complexity index is 263. The zero-order chi connectivity index (χ0) is 8.97. The molecule has 0 aliphatic rings. The molecule has 0 fully saturated rings. The van der Waals surface area contributed by atoms with Crippen LogP contribution in [0.2, 0.25) is 0 Å². The first-order chi connectivity index (χ1) is 5.74. The van der Waals surface area contributed by atoms with Gasteiger partial charge in [-0.05, 0) is 25.5 Å². The molecule has 2 heteroatoms. The molecule has 1 heterocycles. The molecule has 2 nitrogen and oxygen atoms in total. The summed E-state index contributed by atoms with van der Waals surface area (Å²) in [5, 5.41) is 0. The van der Waals surface area contributed by atoms with Crippen LogP contribution in [-0.4, -0.2) is 10.4 Å². The molecule has 0 aromatic carbocycles. The highest BCUT2D eigenvalue weighted by Gasteiger charge is 1.98. The molecule has 0 atom stereocenters. The number of nitrogens with zero attached hydrogens (tertiary/aromatic N) is 1. The number of carbonyl (C=O) groups excluding carboxylic acids is 1. The quantitative estimate of drug-likeness (QED) is 0.669. The zero-order valence-electron chi connectivity index (χ0n) is 7.71. The molecule has 0 amide bonds. The van der Waals surface area contributed by atoms with Gasteiger partial charge in [-0.25, -0.2) is 0 Å². The summed E-state index contributed by atoms with van der Waals surface area (Å²) < 4.78 is 2.14. The first-order valence-corrected chi connectivity index (χ1v) is 4.37. The van der Waals surface area contributed by atoms with E-state index in [4.69, 9.17) is 0 Å². The molecular formula is C10H15NO. The van der Waals surface area contributed by atoms with Crippen LogP contribution < -0.4 is 0 Å². The van der Waals surface area contributed by atoms with E-state index in [1.807, 2.05) is 12.3 Å². The highest BCUT2D eigenvalue weighted by molar-refractivity contribution is 5.75. The molecule has 0 saturated carbocycles. The zero-order valence-corrected chi connectivity index (χ0v) is 7.71. The summed E-state index contributed by atoms with van der Waals surface area (Å²) >= 11 is 0. The number of aromatic nitrogens is 1. The lowest BCUT2D eigenvalue weighted by Gasteiger charge is -2.05. The van der Waals surface area contributed by atoms with E-state index < -0.39 is 0 Å². The lowest BCUT2D eigenvalue weighted by molar-refractivity contribution is -0.117. The van der Waals surface area contributed by atoms with Crippen LogP contribution >= 0.6 is 0 Å². The Morgan fingerprint density at radius 1 is 1.58 bits per heavy atom. The second-order valence-electron chi connectivity index (χ2n) is 3.00. The lowest BCUT2D eigenvalue weighted by atomic mass is 10.3. The van der Waals surface area contributed by atoms with Crippen molar-refractivity contribution in [2.45, 2.75) is 33.2 Å². The van der Waals surface area contributed by atoms with E-state index in [1.165, 1.54) is 5.69 Å². The van der Waals surface area contributed by atoms with E-state index in [2.05, 4.69) is 17.6 Å². The minimum absolute atomic E-state index is 0.255. The topological polar surface area (TPSA) is 22.0 Å². The average Bonchev–Trinajstić information content (AvgIpc) is 2.47. The van der Waals surface area contributed by atoms with Gasteiger partial charge in [0.2, 0.25) is 0 Å². The Hall–Kier alpha value is -1.05. The summed E-state index contributed by atoms with van der Waals surface area (Å²) in [6, 6.07) is 4.12. The van der Waals surface area contributed by atoms with Crippen LogP contribution in [0.25, 0.3) is 0 Å². The molecule has 0 spiro atoms. The van der Waals surface area contributed by atoms with Crippen molar-refractivity contribution in [2.24, 2.45) is 0 Å². The Balaban J connectivity index is 2.56. The maximum absolute atomic E-state index is 10.7. The van der Waals surface area contributed by atoms with E-state index in [1.54, 1.807) is 6.92 Å². The average molecular weight is 165 g/mol. The third kappa shape index (κ3) is 2.22. The summed E-state index contributed by atoms with van der Waals surface area (Å²) in [6.07, 6.45) is 3.70. The minimum atomic E-state index is 0.255. The summed E-state index contributed by atoms with van der Waals surface area (Å²) in [4.78, 5) is 10.7. The largest absolute Gasteiger partial charge is 0.351 e. The van der Waals surface area contributed by atoms with Crippen molar-refractivity contribution in [2.75, 3.05) is 0 Å². The third-order valence-corrected chi connectivity index (χ3v) is 1.99. The van der Waals surface area contributed by atoms with Gasteiger partial charge >= 0.3 is 0 Å². The summed E-state index contributed by atoms with van der Waals surface area (Å²) in [6.45, 7) is 4.58. The number of aryl methyl sites for hydroxylation is 2. The van der Waals surface area contributed by atoms with Crippen LogP contribution in [0.3, 0.4) is 0 Å². The predicted octanol–water partition coefficient (Wildman–Crippen LogP) is 2.03. The standard InChI is InChI=1S/C10H15NO/c1-3-10-5-4-7-11(10)8-6-9(2)12/h4-5,7H,3,6,8H2,1-2H3. The second-order valence-corrected chi connectivity index (χ2v) is 3.00. The molecule has 0 N–H and O–H groups in total. The van der Waals surface area contributed by atoms with Crippen molar-refractivity contribution in [3.63, 3.8) is 0 Å². The Labute approximate surface area is 73.2 Å². The Kier molecular flexibility index (Phi) is 3.09. The summed E-state index contributed by atoms with van der Waals surface area (Å²) in [7, 11) is 0. The van der Waals surface area contributed by atoms with Gasteiger partial charge in [-0.2, -0.15) is 0 Å². The van der Waals surface area contributed by atoms with Gasteiger partial charge in [0.25, 0.3) is 0 Å². The van der Waals surface area contributed by atoms with Crippen molar-refractivity contribution in [1.29, 1.82) is 0 Å². The molecular weight excluding hydrogens is 150 g/mol. The molecule has 1 aromatic heterocycles. The number of rotatable bonds is 4. The molecule has 0 aliphatic carbocycles. The summed E-state index contributed by atoms with van der Waals surface area (Å²) in [5.41, 5.74) is 1.30. The fraction of sp³-hybridized carbons (Fsp3) is 0.500. The van der Waals surface area contributed by atoms with Gasteiger partial charge in [0.05, 0.1) is 0 Å². The molecule has 1 rings (SSSR count). The number of Topliss-reactive ketones (excluding diaryl/α,β-unsaturated/α-hetero) is 1. The molecule has 0 unspecified atom stereocenters. The van der Waals surface area contributed by atoms with Crippen LogP contribution in [0.1, 0.15) is 26.0 Å². The van der Waals surface area contributed by atoms with Crippen molar-refractivity contribution < 1.29 is 4.79 Å². The Morgan fingerprint density at radius 3 is 2.92 bits per heavy atom. The number of carbonyl (C=O) groups is 1. The molecule has 0 bridgehead atoms. The van der Waals surface area contributed by atoms with Crippen LogP contribution in [0.5, 0.6) is 0 Å². The molecule has 0 radical (unpaired) electrons. The van der Waals surface area contributed by atoms with Crippen LogP contribution in [-0.2, 0) is 17.8 Å². The van der Waals surface area contributed by atoms with Gasteiger partial charge in [0.15, 0.2) is 0 Å². The SMILES string of the molecule is CCc1cccn1CCC(C)=O. The fourth-order valence-electron chi connectivity index (χ4n) is 1.27. The first kappa shape index (κ1) is 9.04. The van der Waals surface area contributed by atoms with Crippen LogP contribution in [0.15, 0.2) is 18.3 Å². The van der Waals surface area contributed by atoms with Crippen LogP contribution in [0, 0.1) is 0 Å². The second kappa shape index (κ2) is 4.10. The molecule has 1 aromatic rings. The summed E-state index contributed by atoms with van der Waals surface area (Å²) in [5.74, 6) is 0.255. The van der Waals surface area contributed by atoms with Gasteiger partial charge in [0, 0.05) is 24.9 Å². The number of hydrogen-bond acceptors (Lipinski definition) is 1. The van der Waals surface area contributed by atoms with Crippen molar-refractivity contribution >= 4 is 5.78 Å². The van der Waals surface area contributed by atoms with Crippen molar-refractivity contribution in [1.82, 2.24) is 4.57 Å². The van der Waals surface area contributed by atoms with Crippen LogP contribution in [0.4, 0.5) is 0 Å². The Morgan fingerprint density at radius 2 is 2.33 bits per heavy atom. The van der Waals surface area contributed by atoms with Gasteiger partial charge in [-0.3, -0.25) is 4.79 Å². The third-order valence-electron chi connectivity index (χ3n) is 1.99. The predicted molar refractivity (Wildman–Crippen MR) is 49.1 cm³/mol.